The van der Waals surface area contributed by atoms with Crippen LogP contribution in [0.2, 0.25) is 0 Å². The maximum absolute atomic E-state index is 13.0. The SMILES string of the molecule is CC/C=C\C/C=C\C/C=C\C/C=C\C/C=C\CC(=O)OCC(COC(=O)CCCCCCCCCCCCCCCCCCCCCCCCCCC)OC(=O)CCCCCCCCCCCCCCCCCCCCCCCCC. The van der Waals surface area contributed by atoms with Crippen molar-refractivity contribution in [3.05, 3.63) is 60.8 Å². The first kappa shape index (κ1) is 78.1. The van der Waals surface area contributed by atoms with E-state index in [0.29, 0.717) is 12.8 Å². The fourth-order valence-corrected chi connectivity index (χ4v) is 10.8. The normalized spacial score (nSPS) is 12.4. The van der Waals surface area contributed by atoms with Gasteiger partial charge in [-0.15, -0.1) is 0 Å². The zero-order valence-corrected chi connectivity index (χ0v) is 54.3. The predicted octanol–water partition coefficient (Wildman–Crippen LogP) is 24.7. The summed E-state index contributed by atoms with van der Waals surface area (Å²) in [6.07, 6.45) is 90.1. The van der Waals surface area contributed by atoms with Crippen molar-refractivity contribution in [3.63, 3.8) is 0 Å². The van der Waals surface area contributed by atoms with Crippen molar-refractivity contribution in [2.45, 2.75) is 386 Å². The fraction of sp³-hybridized carbons (Fsp3) is 0.827. The van der Waals surface area contributed by atoms with Gasteiger partial charge in [0.2, 0.25) is 0 Å². The molecule has 0 aliphatic rings. The maximum Gasteiger partial charge on any atom is 0.309 e. The van der Waals surface area contributed by atoms with Crippen LogP contribution in [-0.2, 0) is 28.6 Å². The Morgan fingerprint density at radius 2 is 0.481 bits per heavy atom. The van der Waals surface area contributed by atoms with E-state index in [9.17, 15) is 14.4 Å². The number of hydrogen-bond donors (Lipinski definition) is 0. The quantitative estimate of drug-likeness (QED) is 0.0261. The second kappa shape index (κ2) is 69.6. The molecule has 0 spiro atoms. The Bertz CT molecular complexity index is 1440. The summed E-state index contributed by atoms with van der Waals surface area (Å²) >= 11 is 0. The summed E-state index contributed by atoms with van der Waals surface area (Å²) in [7, 11) is 0. The first-order valence-electron chi connectivity index (χ1n) is 35.8. The predicted molar refractivity (Wildman–Crippen MR) is 353 cm³/mol. The van der Waals surface area contributed by atoms with Crippen molar-refractivity contribution in [1.29, 1.82) is 0 Å². The molecule has 0 amide bonds. The molecule has 472 valence electrons. The molecule has 0 radical (unpaired) electrons. The molecule has 0 heterocycles. The first-order valence-corrected chi connectivity index (χ1v) is 35.8. The second-order valence-electron chi connectivity index (χ2n) is 24.2. The van der Waals surface area contributed by atoms with Crippen LogP contribution < -0.4 is 0 Å². The Labute approximate surface area is 504 Å². The van der Waals surface area contributed by atoms with Gasteiger partial charge in [-0.2, -0.15) is 0 Å². The topological polar surface area (TPSA) is 78.9 Å². The van der Waals surface area contributed by atoms with Crippen LogP contribution in [-0.4, -0.2) is 37.2 Å². The molecule has 0 aromatic carbocycles. The van der Waals surface area contributed by atoms with E-state index in [1.807, 2.05) is 12.2 Å². The van der Waals surface area contributed by atoms with Gasteiger partial charge in [-0.05, 0) is 44.9 Å². The van der Waals surface area contributed by atoms with Gasteiger partial charge in [-0.25, -0.2) is 0 Å². The van der Waals surface area contributed by atoms with Crippen LogP contribution in [0.4, 0.5) is 0 Å². The number of carbonyl (C=O) groups excluding carboxylic acids is 3. The zero-order valence-electron chi connectivity index (χ0n) is 54.3. The van der Waals surface area contributed by atoms with E-state index < -0.39 is 12.1 Å². The number of allylic oxidation sites excluding steroid dienone is 9. The molecule has 6 nitrogen and oxygen atoms in total. The number of ether oxygens (including phenoxy) is 3. The minimum atomic E-state index is -0.813. The van der Waals surface area contributed by atoms with Crippen LogP contribution in [0.5, 0.6) is 0 Å². The Hall–Kier alpha value is -2.89. The summed E-state index contributed by atoms with van der Waals surface area (Å²) < 4.78 is 16.9. The van der Waals surface area contributed by atoms with E-state index >= 15 is 0 Å². The Balaban J connectivity index is 4.30. The van der Waals surface area contributed by atoms with Gasteiger partial charge in [-0.1, -0.05) is 377 Å². The molecule has 0 fully saturated rings. The lowest BCUT2D eigenvalue weighted by Crippen LogP contribution is -2.30. The van der Waals surface area contributed by atoms with Crippen molar-refractivity contribution in [1.82, 2.24) is 0 Å². The average molecular weight is 1130 g/mol. The summed E-state index contributed by atoms with van der Waals surface area (Å²) in [5.41, 5.74) is 0. The molecule has 1 atom stereocenters. The lowest BCUT2D eigenvalue weighted by atomic mass is 10.0. The summed E-state index contributed by atoms with van der Waals surface area (Å²) in [6, 6.07) is 0. The highest BCUT2D eigenvalue weighted by Gasteiger charge is 2.19. The Morgan fingerprint density at radius 1 is 0.259 bits per heavy atom. The van der Waals surface area contributed by atoms with E-state index in [1.165, 1.54) is 270 Å². The molecule has 0 N–H and O–H groups in total. The third-order valence-electron chi connectivity index (χ3n) is 16.1. The minimum absolute atomic E-state index is 0.0988. The third kappa shape index (κ3) is 67.8. The van der Waals surface area contributed by atoms with Gasteiger partial charge in [0, 0.05) is 12.8 Å². The molecule has 0 bridgehead atoms. The smallest absolute Gasteiger partial charge is 0.309 e. The van der Waals surface area contributed by atoms with E-state index in [1.54, 1.807) is 0 Å². The minimum Gasteiger partial charge on any atom is -0.462 e. The van der Waals surface area contributed by atoms with Crippen molar-refractivity contribution in [2.75, 3.05) is 13.2 Å². The van der Waals surface area contributed by atoms with Gasteiger partial charge in [0.25, 0.3) is 0 Å². The van der Waals surface area contributed by atoms with Gasteiger partial charge in [0.1, 0.15) is 13.2 Å². The van der Waals surface area contributed by atoms with Crippen LogP contribution in [0.3, 0.4) is 0 Å². The monoisotopic (exact) mass is 1130 g/mol. The molecule has 1 unspecified atom stereocenters. The number of carbonyl (C=O) groups is 3. The Kier molecular flexibility index (Phi) is 67.1. The molecular weight excluding hydrogens is 997 g/mol. The molecule has 0 aliphatic carbocycles. The maximum atomic E-state index is 13.0. The van der Waals surface area contributed by atoms with E-state index in [0.717, 1.165) is 70.6 Å². The lowest BCUT2D eigenvalue weighted by molar-refractivity contribution is -0.166. The van der Waals surface area contributed by atoms with Gasteiger partial charge >= 0.3 is 17.9 Å². The standard InChI is InChI=1S/C75H136O6/c1-4-7-10-13-16-19-22-25-28-30-32-34-36-37-39-40-42-44-47-50-53-56-59-62-65-68-74(77)80-71-72(70-79-73(76)67-64-61-58-55-52-49-46-27-24-21-18-15-12-9-6-3)81-75(78)69-66-63-60-57-54-51-48-45-43-41-38-35-33-31-29-26-23-20-17-14-11-8-5-2/h9,12,18,21,27,46,52,55,61,64,72H,4-8,10-11,13-17,19-20,22-26,28-45,47-51,53-54,56-60,62-63,65-71H2,1-3H3/b12-9-,21-18-,46-27-,55-52-,64-61-. The van der Waals surface area contributed by atoms with Gasteiger partial charge in [-0.3, -0.25) is 14.4 Å². The summed E-state index contributed by atoms with van der Waals surface area (Å²) in [5.74, 6) is -1.01. The highest BCUT2D eigenvalue weighted by atomic mass is 16.6. The third-order valence-corrected chi connectivity index (χ3v) is 16.1. The van der Waals surface area contributed by atoms with Crippen LogP contribution in [0.25, 0.3) is 0 Å². The molecule has 0 saturated carbocycles. The van der Waals surface area contributed by atoms with E-state index in [4.69, 9.17) is 14.2 Å². The Morgan fingerprint density at radius 3 is 0.753 bits per heavy atom. The van der Waals surface area contributed by atoms with Crippen LogP contribution in [0.15, 0.2) is 60.8 Å². The zero-order chi connectivity index (χ0) is 58.5. The highest BCUT2D eigenvalue weighted by molar-refractivity contribution is 5.72. The van der Waals surface area contributed by atoms with Crippen molar-refractivity contribution in [2.24, 2.45) is 0 Å². The lowest BCUT2D eigenvalue weighted by Gasteiger charge is -2.18. The number of rotatable bonds is 66. The fourth-order valence-electron chi connectivity index (χ4n) is 10.8. The van der Waals surface area contributed by atoms with Crippen LogP contribution in [0, 0.1) is 0 Å². The molecule has 0 rings (SSSR count). The van der Waals surface area contributed by atoms with E-state index in [2.05, 4.69) is 69.4 Å². The van der Waals surface area contributed by atoms with Gasteiger partial charge in [0.05, 0.1) is 6.42 Å². The molecular formula is C75H136O6. The second-order valence-corrected chi connectivity index (χ2v) is 24.2. The largest absolute Gasteiger partial charge is 0.462 e. The molecule has 0 aromatic rings. The van der Waals surface area contributed by atoms with Crippen LogP contribution >= 0.6 is 0 Å². The molecule has 0 saturated heterocycles. The summed E-state index contributed by atoms with van der Waals surface area (Å²) in [6.45, 7) is 6.51. The number of esters is 3. The molecule has 0 aliphatic heterocycles. The van der Waals surface area contributed by atoms with Crippen molar-refractivity contribution in [3.8, 4) is 0 Å². The van der Waals surface area contributed by atoms with Crippen molar-refractivity contribution >= 4 is 17.9 Å². The van der Waals surface area contributed by atoms with Gasteiger partial charge in [0.15, 0.2) is 6.10 Å². The molecule has 6 heteroatoms. The first-order chi connectivity index (χ1) is 40.0. The van der Waals surface area contributed by atoms with Crippen molar-refractivity contribution < 1.29 is 28.6 Å². The van der Waals surface area contributed by atoms with E-state index in [-0.39, 0.29) is 31.6 Å². The number of hydrogen-bond acceptors (Lipinski definition) is 6. The highest BCUT2D eigenvalue weighted by Crippen LogP contribution is 2.19. The number of unbranched alkanes of at least 4 members (excludes halogenated alkanes) is 46. The summed E-state index contributed by atoms with van der Waals surface area (Å²) in [4.78, 5) is 38.4. The van der Waals surface area contributed by atoms with Gasteiger partial charge < -0.3 is 14.2 Å². The molecule has 81 heavy (non-hydrogen) atoms. The molecule has 0 aromatic heterocycles. The summed E-state index contributed by atoms with van der Waals surface area (Å²) in [5, 5.41) is 0. The van der Waals surface area contributed by atoms with Crippen LogP contribution in [0.1, 0.15) is 380 Å². The average Bonchev–Trinajstić information content (AvgIpc) is 3.47.